The minimum Gasteiger partial charge on any atom is -0.496 e. The van der Waals surface area contributed by atoms with Gasteiger partial charge in [0.15, 0.2) is 9.84 Å². The molecule has 21 heavy (non-hydrogen) atoms. The fraction of sp³-hybridized carbons (Fsp3) is 0.143. The minimum atomic E-state index is -3.55. The van der Waals surface area contributed by atoms with Crippen LogP contribution < -0.4 is 10.5 Å². The molecule has 0 unspecified atom stereocenters. The Hall–Kier alpha value is -1.24. The Balaban J connectivity index is 2.44. The largest absolute Gasteiger partial charge is 0.496 e. The van der Waals surface area contributed by atoms with E-state index in [9.17, 15) is 8.42 Å². The number of nitrogens with two attached hydrogens (primary N) is 1. The summed E-state index contributed by atoms with van der Waals surface area (Å²) in [6.45, 7) is 0. The van der Waals surface area contributed by atoms with Gasteiger partial charge in [-0.05, 0) is 52.3 Å². The zero-order chi connectivity index (χ0) is 15.6. The van der Waals surface area contributed by atoms with Crippen molar-refractivity contribution in [2.45, 2.75) is 10.6 Å². The van der Waals surface area contributed by atoms with Crippen LogP contribution in [0.25, 0.3) is 0 Å². The Morgan fingerprint density at radius 3 is 2.57 bits per heavy atom. The lowest BCUT2D eigenvalue weighted by molar-refractivity contribution is 0.411. The Kier molecular flexibility index (Phi) is 4.81. The van der Waals surface area contributed by atoms with Crippen LogP contribution >= 0.6 is 27.5 Å². The molecule has 0 amide bonds. The summed E-state index contributed by atoms with van der Waals surface area (Å²) in [7, 11) is -2.07. The molecule has 0 aliphatic carbocycles. The quantitative estimate of drug-likeness (QED) is 0.809. The maximum atomic E-state index is 12.5. The van der Waals surface area contributed by atoms with Crippen LogP contribution in [0.3, 0.4) is 0 Å². The number of anilines is 1. The molecule has 112 valence electrons. The molecule has 2 rings (SSSR count). The third-order valence-corrected chi connectivity index (χ3v) is 5.75. The topological polar surface area (TPSA) is 69.4 Å². The summed E-state index contributed by atoms with van der Waals surface area (Å²) in [6.07, 6.45) is 0. The first-order valence-corrected chi connectivity index (χ1v) is 8.76. The van der Waals surface area contributed by atoms with Gasteiger partial charge in [0.05, 0.1) is 17.8 Å². The van der Waals surface area contributed by atoms with E-state index >= 15 is 0 Å². The number of nitrogen functional groups attached to an aromatic ring is 1. The zero-order valence-electron chi connectivity index (χ0n) is 11.1. The van der Waals surface area contributed by atoms with Crippen LogP contribution in [0.15, 0.2) is 45.8 Å². The van der Waals surface area contributed by atoms with Gasteiger partial charge in [-0.25, -0.2) is 8.42 Å². The summed E-state index contributed by atoms with van der Waals surface area (Å²) in [5.74, 6) is 0.272. The van der Waals surface area contributed by atoms with Gasteiger partial charge in [0.25, 0.3) is 0 Å². The van der Waals surface area contributed by atoms with Crippen LogP contribution in [-0.2, 0) is 15.6 Å². The lowest BCUT2D eigenvalue weighted by atomic mass is 10.2. The van der Waals surface area contributed by atoms with Crippen LogP contribution in [0.2, 0.25) is 5.02 Å². The summed E-state index contributed by atoms with van der Waals surface area (Å²) in [5.41, 5.74) is 6.62. The number of benzene rings is 2. The number of rotatable bonds is 4. The summed E-state index contributed by atoms with van der Waals surface area (Å²) < 4.78 is 30.7. The van der Waals surface area contributed by atoms with Gasteiger partial charge < -0.3 is 10.5 Å². The summed E-state index contributed by atoms with van der Waals surface area (Å²) >= 11 is 9.15. The van der Waals surface area contributed by atoms with Crippen molar-refractivity contribution in [3.8, 4) is 5.75 Å². The number of ether oxygens (including phenoxy) is 1. The molecule has 0 aromatic heterocycles. The van der Waals surface area contributed by atoms with Crippen molar-refractivity contribution in [2.75, 3.05) is 12.8 Å². The minimum absolute atomic E-state index is 0.179. The summed E-state index contributed by atoms with van der Waals surface area (Å²) in [4.78, 5) is 0.179. The van der Waals surface area contributed by atoms with Gasteiger partial charge in [-0.1, -0.05) is 11.6 Å². The molecule has 0 aliphatic rings. The van der Waals surface area contributed by atoms with Crippen molar-refractivity contribution in [3.05, 3.63) is 51.5 Å². The van der Waals surface area contributed by atoms with Gasteiger partial charge in [-0.2, -0.15) is 0 Å². The molecular formula is C14H13BrClNO3S. The van der Waals surface area contributed by atoms with E-state index in [-0.39, 0.29) is 10.6 Å². The predicted octanol–water partition coefficient (Wildman–Crippen LogP) is 3.67. The van der Waals surface area contributed by atoms with E-state index < -0.39 is 9.84 Å². The fourth-order valence-corrected chi connectivity index (χ4v) is 4.66. The maximum absolute atomic E-state index is 12.5. The molecule has 0 saturated heterocycles. The smallest absolute Gasteiger partial charge is 0.183 e. The van der Waals surface area contributed by atoms with Crippen molar-refractivity contribution >= 4 is 43.1 Å². The summed E-state index contributed by atoms with van der Waals surface area (Å²) in [5, 5.41) is 0.456. The van der Waals surface area contributed by atoms with Crippen LogP contribution in [0.4, 0.5) is 5.69 Å². The van der Waals surface area contributed by atoms with E-state index in [0.717, 1.165) is 0 Å². The van der Waals surface area contributed by atoms with Gasteiger partial charge >= 0.3 is 0 Å². The van der Waals surface area contributed by atoms with Crippen molar-refractivity contribution < 1.29 is 13.2 Å². The molecule has 2 aromatic rings. The average Bonchev–Trinajstić information content (AvgIpc) is 2.37. The molecule has 0 heterocycles. The Morgan fingerprint density at radius 1 is 1.24 bits per heavy atom. The molecule has 0 fully saturated rings. The van der Waals surface area contributed by atoms with Crippen molar-refractivity contribution in [1.82, 2.24) is 0 Å². The number of methoxy groups -OCH3 is 1. The van der Waals surface area contributed by atoms with E-state index in [1.165, 1.54) is 13.2 Å². The predicted molar refractivity (Wildman–Crippen MR) is 87.4 cm³/mol. The number of sulfone groups is 1. The molecule has 0 atom stereocenters. The van der Waals surface area contributed by atoms with Gasteiger partial charge in [-0.15, -0.1) is 0 Å². The molecule has 2 N–H and O–H groups in total. The first kappa shape index (κ1) is 16.1. The molecule has 0 saturated carbocycles. The average molecular weight is 391 g/mol. The van der Waals surface area contributed by atoms with Crippen LogP contribution in [-0.4, -0.2) is 15.5 Å². The molecule has 0 aliphatic heterocycles. The van der Waals surface area contributed by atoms with E-state index in [2.05, 4.69) is 15.9 Å². The zero-order valence-corrected chi connectivity index (χ0v) is 14.3. The highest BCUT2D eigenvalue weighted by Gasteiger charge is 2.21. The second-order valence-electron chi connectivity index (χ2n) is 4.41. The van der Waals surface area contributed by atoms with Gasteiger partial charge in [0.1, 0.15) is 5.75 Å². The molecule has 0 radical (unpaired) electrons. The third kappa shape index (κ3) is 3.70. The number of hydrogen-bond acceptors (Lipinski definition) is 4. The van der Waals surface area contributed by atoms with E-state index in [1.807, 2.05) is 0 Å². The Labute approximate surface area is 136 Å². The van der Waals surface area contributed by atoms with Crippen LogP contribution in [0.5, 0.6) is 5.75 Å². The van der Waals surface area contributed by atoms with E-state index in [0.29, 0.717) is 26.5 Å². The lowest BCUT2D eigenvalue weighted by Gasteiger charge is -2.11. The van der Waals surface area contributed by atoms with Crippen LogP contribution in [0.1, 0.15) is 5.56 Å². The highest BCUT2D eigenvalue weighted by Crippen LogP contribution is 2.30. The Bertz CT molecular complexity index is 778. The fourth-order valence-electron chi connectivity index (χ4n) is 1.91. The molecule has 0 spiro atoms. The first-order valence-electron chi connectivity index (χ1n) is 5.93. The maximum Gasteiger partial charge on any atom is 0.183 e. The third-order valence-electron chi connectivity index (χ3n) is 2.88. The highest BCUT2D eigenvalue weighted by molar-refractivity contribution is 9.10. The van der Waals surface area contributed by atoms with E-state index in [4.69, 9.17) is 22.1 Å². The van der Waals surface area contributed by atoms with Gasteiger partial charge in [0, 0.05) is 20.7 Å². The van der Waals surface area contributed by atoms with Crippen molar-refractivity contribution in [1.29, 1.82) is 0 Å². The van der Waals surface area contributed by atoms with Gasteiger partial charge in [0.2, 0.25) is 0 Å². The molecule has 2 aromatic carbocycles. The molecule has 0 bridgehead atoms. The first-order chi connectivity index (χ1) is 9.83. The normalized spacial score (nSPS) is 11.4. The number of hydrogen-bond donors (Lipinski definition) is 1. The van der Waals surface area contributed by atoms with Gasteiger partial charge in [-0.3, -0.25) is 0 Å². The van der Waals surface area contributed by atoms with Crippen molar-refractivity contribution in [3.63, 3.8) is 0 Å². The monoisotopic (exact) mass is 389 g/mol. The van der Waals surface area contributed by atoms with E-state index in [1.54, 1.807) is 30.3 Å². The number of halogens is 2. The molecule has 7 heteroatoms. The SMILES string of the molecule is COc1ccc(Cl)cc1CS(=O)(=O)c1ccc(N)cc1Br. The Morgan fingerprint density at radius 2 is 1.95 bits per heavy atom. The second kappa shape index (κ2) is 6.25. The molecule has 4 nitrogen and oxygen atoms in total. The lowest BCUT2D eigenvalue weighted by Crippen LogP contribution is -2.07. The second-order valence-corrected chi connectivity index (χ2v) is 7.65. The van der Waals surface area contributed by atoms with Crippen molar-refractivity contribution in [2.24, 2.45) is 0 Å². The standard InChI is InChI=1S/C14H13BrClNO3S/c1-20-13-4-2-10(16)6-9(13)8-21(18,19)14-5-3-11(17)7-12(14)15/h2-7H,8,17H2,1H3. The van der Waals surface area contributed by atoms with Crippen LogP contribution in [0, 0.1) is 0 Å². The molecular weight excluding hydrogens is 378 g/mol. The summed E-state index contributed by atoms with van der Waals surface area (Å²) in [6, 6.07) is 9.46. The highest BCUT2D eigenvalue weighted by atomic mass is 79.9.